The molecule has 0 aliphatic heterocycles. The fraction of sp³-hybridized carbons (Fsp3) is 0.278. The Labute approximate surface area is 131 Å². The number of carbonyl (C=O) groups excluding carboxylic acids is 1. The van der Waals surface area contributed by atoms with Gasteiger partial charge in [-0.05, 0) is 56.5 Å². The summed E-state index contributed by atoms with van der Waals surface area (Å²) in [6.45, 7) is 7.66. The molecule has 0 aliphatic rings. The zero-order chi connectivity index (χ0) is 16.3. The average molecular weight is 316 g/mol. The quantitative estimate of drug-likeness (QED) is 0.768. The van der Waals surface area contributed by atoms with E-state index in [-0.39, 0.29) is 6.61 Å². The highest BCUT2D eigenvalue weighted by molar-refractivity contribution is 7.83. The van der Waals surface area contributed by atoms with Gasteiger partial charge < -0.3 is 4.52 Å². The van der Waals surface area contributed by atoms with Crippen molar-refractivity contribution in [2.45, 2.75) is 27.7 Å². The van der Waals surface area contributed by atoms with Gasteiger partial charge in [0, 0.05) is 10.9 Å². The highest BCUT2D eigenvalue weighted by Crippen LogP contribution is 2.50. The minimum atomic E-state index is -3.60. The van der Waals surface area contributed by atoms with Gasteiger partial charge in [-0.25, -0.2) is 0 Å². The monoisotopic (exact) mass is 316 g/mol. The Bertz CT molecular complexity index is 735. The zero-order valence-electron chi connectivity index (χ0n) is 13.4. The van der Waals surface area contributed by atoms with Gasteiger partial charge in [-0.1, -0.05) is 30.3 Å². The van der Waals surface area contributed by atoms with E-state index in [4.69, 9.17) is 4.52 Å². The summed E-state index contributed by atoms with van der Waals surface area (Å²) in [6.07, 6.45) is 0. The molecule has 0 aliphatic carbocycles. The van der Waals surface area contributed by atoms with Crippen LogP contribution in [0.2, 0.25) is 0 Å². The maximum atomic E-state index is 13.4. The van der Waals surface area contributed by atoms with Crippen LogP contribution < -0.4 is 5.30 Å². The number of hydrogen-bond acceptors (Lipinski definition) is 3. The fourth-order valence-corrected chi connectivity index (χ4v) is 4.55. The smallest absolute Gasteiger partial charge is 0.300 e. The molecule has 2 rings (SSSR count). The summed E-state index contributed by atoms with van der Waals surface area (Å²) in [5.74, 6) is 0. The highest BCUT2D eigenvalue weighted by Gasteiger charge is 2.37. The average Bonchev–Trinajstić information content (AvgIpc) is 2.52. The van der Waals surface area contributed by atoms with Gasteiger partial charge in [0.05, 0.1) is 6.61 Å². The molecule has 1 unspecified atom stereocenters. The van der Waals surface area contributed by atoms with Crippen LogP contribution in [0, 0.1) is 20.8 Å². The summed E-state index contributed by atoms with van der Waals surface area (Å²) >= 11 is 0. The van der Waals surface area contributed by atoms with E-state index < -0.39 is 12.9 Å². The summed E-state index contributed by atoms with van der Waals surface area (Å²) in [4.78, 5) is 13.1. The lowest BCUT2D eigenvalue weighted by Crippen LogP contribution is -2.17. The van der Waals surface area contributed by atoms with Gasteiger partial charge in [0.2, 0.25) is 0 Å². The molecule has 1 atom stereocenters. The van der Waals surface area contributed by atoms with E-state index in [1.807, 2.05) is 39.0 Å². The molecule has 22 heavy (non-hydrogen) atoms. The van der Waals surface area contributed by atoms with Crippen LogP contribution in [-0.2, 0) is 9.09 Å². The third-order valence-corrected chi connectivity index (χ3v) is 6.19. The van der Waals surface area contributed by atoms with Crippen LogP contribution in [0.15, 0.2) is 42.5 Å². The van der Waals surface area contributed by atoms with Crippen molar-refractivity contribution in [3.8, 4) is 0 Å². The van der Waals surface area contributed by atoms with Crippen LogP contribution in [0.25, 0.3) is 0 Å². The van der Waals surface area contributed by atoms with Crippen molar-refractivity contribution in [2.75, 3.05) is 6.61 Å². The second-order valence-electron chi connectivity index (χ2n) is 5.31. The van der Waals surface area contributed by atoms with Crippen molar-refractivity contribution in [3.63, 3.8) is 0 Å². The van der Waals surface area contributed by atoms with Crippen molar-refractivity contribution in [1.82, 2.24) is 0 Å². The molecular formula is C18H21O3P. The minimum Gasteiger partial charge on any atom is -0.320 e. The lowest BCUT2D eigenvalue weighted by atomic mass is 9.99. The SMILES string of the molecule is CCOP(=O)(C(=O)c1c(C)ccc(C)c1C)c1ccccc1. The molecule has 4 heteroatoms. The number of benzene rings is 2. The number of rotatable bonds is 5. The zero-order valence-corrected chi connectivity index (χ0v) is 14.3. The fourth-order valence-electron chi connectivity index (χ4n) is 2.48. The molecule has 0 saturated heterocycles. The van der Waals surface area contributed by atoms with Gasteiger partial charge in [-0.2, -0.15) is 0 Å². The molecule has 0 aromatic heterocycles. The molecule has 0 amide bonds. The van der Waals surface area contributed by atoms with E-state index >= 15 is 0 Å². The maximum absolute atomic E-state index is 13.4. The topological polar surface area (TPSA) is 43.4 Å². The van der Waals surface area contributed by atoms with E-state index in [1.165, 1.54) is 0 Å². The summed E-state index contributed by atoms with van der Waals surface area (Å²) in [5, 5.41) is 0.446. The molecule has 0 saturated carbocycles. The third-order valence-electron chi connectivity index (χ3n) is 3.83. The predicted octanol–water partition coefficient (Wildman–Crippen LogP) is 4.39. The molecule has 0 heterocycles. The Hall–Kier alpha value is -1.70. The van der Waals surface area contributed by atoms with Crippen molar-refractivity contribution >= 4 is 18.2 Å². The summed E-state index contributed by atoms with van der Waals surface area (Å²) < 4.78 is 18.8. The van der Waals surface area contributed by atoms with Crippen LogP contribution in [0.3, 0.4) is 0 Å². The minimum absolute atomic E-state index is 0.224. The molecule has 0 radical (unpaired) electrons. The first kappa shape index (κ1) is 16.7. The number of carbonyl (C=O) groups is 1. The van der Waals surface area contributed by atoms with Crippen molar-refractivity contribution in [1.29, 1.82) is 0 Å². The number of hydrogen-bond donors (Lipinski definition) is 0. The number of aryl methyl sites for hydroxylation is 2. The van der Waals surface area contributed by atoms with Gasteiger partial charge in [-0.15, -0.1) is 0 Å². The normalized spacial score (nSPS) is 13.6. The summed E-state index contributed by atoms with van der Waals surface area (Å²) in [5.41, 5.74) is 2.79. The molecule has 0 fully saturated rings. The largest absolute Gasteiger partial charge is 0.320 e. The summed E-state index contributed by atoms with van der Waals surface area (Å²) in [6, 6.07) is 12.6. The van der Waals surface area contributed by atoms with E-state index in [0.717, 1.165) is 16.7 Å². The molecule has 0 N–H and O–H groups in total. The lowest BCUT2D eigenvalue weighted by Gasteiger charge is -2.19. The van der Waals surface area contributed by atoms with Crippen molar-refractivity contribution < 1.29 is 13.9 Å². The first-order valence-corrected chi connectivity index (χ1v) is 8.96. The van der Waals surface area contributed by atoms with Crippen LogP contribution in [0.1, 0.15) is 34.0 Å². The van der Waals surface area contributed by atoms with E-state index in [9.17, 15) is 9.36 Å². The highest BCUT2D eigenvalue weighted by atomic mass is 31.2. The molecule has 0 spiro atoms. The first-order valence-electron chi connectivity index (χ1n) is 7.33. The second kappa shape index (κ2) is 6.60. The molecule has 3 nitrogen and oxygen atoms in total. The molecule has 116 valence electrons. The lowest BCUT2D eigenvalue weighted by molar-refractivity contribution is 0.105. The van der Waals surface area contributed by atoms with Gasteiger partial charge >= 0.3 is 7.37 Å². The Balaban J connectivity index is 2.63. The Morgan fingerprint density at radius 2 is 1.59 bits per heavy atom. The molecule has 0 bridgehead atoms. The van der Waals surface area contributed by atoms with Crippen molar-refractivity contribution in [3.05, 3.63) is 64.7 Å². The Kier molecular flexibility index (Phi) is 5.00. The standard InChI is InChI=1S/C18H21O3P/c1-5-21-22(20,16-9-7-6-8-10-16)18(19)17-14(3)12-11-13(2)15(17)4/h6-12H,5H2,1-4H3. The van der Waals surface area contributed by atoms with E-state index in [0.29, 0.717) is 10.9 Å². The van der Waals surface area contributed by atoms with Crippen LogP contribution in [0.5, 0.6) is 0 Å². The van der Waals surface area contributed by atoms with Gasteiger partial charge in [0.15, 0.2) is 0 Å². The second-order valence-corrected chi connectivity index (χ2v) is 7.59. The first-order chi connectivity index (χ1) is 10.4. The Morgan fingerprint density at radius 3 is 2.18 bits per heavy atom. The van der Waals surface area contributed by atoms with Crippen LogP contribution in [-0.4, -0.2) is 12.1 Å². The summed E-state index contributed by atoms with van der Waals surface area (Å²) in [7, 11) is -3.60. The molecular weight excluding hydrogens is 295 g/mol. The van der Waals surface area contributed by atoms with Crippen LogP contribution >= 0.6 is 7.37 Å². The van der Waals surface area contributed by atoms with Gasteiger partial charge in [-0.3, -0.25) is 9.36 Å². The maximum Gasteiger partial charge on any atom is 0.300 e. The van der Waals surface area contributed by atoms with Crippen LogP contribution in [0.4, 0.5) is 0 Å². The third kappa shape index (κ3) is 2.92. The predicted molar refractivity (Wildman–Crippen MR) is 90.3 cm³/mol. The van der Waals surface area contributed by atoms with Gasteiger partial charge in [0.25, 0.3) is 5.52 Å². The van der Waals surface area contributed by atoms with E-state index in [2.05, 4.69) is 0 Å². The molecule has 2 aromatic rings. The van der Waals surface area contributed by atoms with E-state index in [1.54, 1.807) is 31.2 Å². The molecule has 2 aromatic carbocycles. The van der Waals surface area contributed by atoms with Crippen molar-refractivity contribution in [2.24, 2.45) is 0 Å². The van der Waals surface area contributed by atoms with Gasteiger partial charge in [0.1, 0.15) is 0 Å². The Morgan fingerprint density at radius 1 is 1.00 bits per heavy atom.